The van der Waals surface area contributed by atoms with Crippen LogP contribution in [0.4, 0.5) is 0 Å². The van der Waals surface area contributed by atoms with Crippen LogP contribution in [0.25, 0.3) is 0 Å². The van der Waals surface area contributed by atoms with Gasteiger partial charge in [-0.25, -0.2) is 0 Å². The largest absolute Gasteiger partial charge is 0.497 e. The molecule has 1 aliphatic rings. The third-order valence-corrected chi connectivity index (χ3v) is 6.06. The Hall–Kier alpha value is -3.06. The number of hydrogen-bond acceptors (Lipinski definition) is 5. The first kappa shape index (κ1) is 24.6. The highest BCUT2D eigenvalue weighted by Crippen LogP contribution is 2.14. The van der Waals surface area contributed by atoms with E-state index >= 15 is 0 Å². The molecule has 0 radical (unpaired) electrons. The van der Waals surface area contributed by atoms with Crippen molar-refractivity contribution in [3.05, 3.63) is 59.7 Å². The number of carbonyl (C=O) groups excluding carboxylic acids is 2. The maximum Gasteiger partial charge on any atom is 0.222 e. The smallest absolute Gasteiger partial charge is 0.222 e. The van der Waals surface area contributed by atoms with Gasteiger partial charge in [0.05, 0.1) is 14.2 Å². The predicted molar refractivity (Wildman–Crippen MR) is 129 cm³/mol. The summed E-state index contributed by atoms with van der Waals surface area (Å²) in [6.45, 7) is 4.61. The van der Waals surface area contributed by atoms with Crippen LogP contribution in [0.3, 0.4) is 0 Å². The van der Waals surface area contributed by atoms with Gasteiger partial charge in [0.1, 0.15) is 11.5 Å². The zero-order chi connectivity index (χ0) is 23.5. The fraction of sp³-hybridized carbons (Fsp3) is 0.462. The number of nitrogens with one attached hydrogen (secondary N) is 1. The molecule has 2 amide bonds. The summed E-state index contributed by atoms with van der Waals surface area (Å²) in [6.07, 6.45) is 2.46. The summed E-state index contributed by atoms with van der Waals surface area (Å²) in [4.78, 5) is 28.9. The standard InChI is InChI=1S/C26H35N3O4/c1-32-23-9-3-21(4-10-23)7-13-25(30)27-15-16-28-17-19-29(20-18-28)26(31)14-8-22-5-11-24(33-2)12-6-22/h3-6,9-12H,7-8,13-20H2,1-2H3,(H,27,30). The Bertz CT molecular complexity index is 873. The van der Waals surface area contributed by atoms with E-state index in [0.29, 0.717) is 25.8 Å². The SMILES string of the molecule is COc1ccc(CCC(=O)NCCN2CCN(C(=O)CCc3ccc(OC)cc3)CC2)cc1. The molecule has 0 unspecified atom stereocenters. The number of ether oxygens (including phenoxy) is 2. The lowest BCUT2D eigenvalue weighted by atomic mass is 10.1. The lowest BCUT2D eigenvalue weighted by Gasteiger charge is -2.34. The van der Waals surface area contributed by atoms with Crippen molar-refractivity contribution in [1.82, 2.24) is 15.1 Å². The normalized spacial score (nSPS) is 14.1. The number of methoxy groups -OCH3 is 2. The van der Waals surface area contributed by atoms with Gasteiger partial charge in [-0.2, -0.15) is 0 Å². The summed E-state index contributed by atoms with van der Waals surface area (Å²) in [5, 5.41) is 3.01. The molecule has 1 saturated heterocycles. The number of hydrogen-bond donors (Lipinski definition) is 1. The maximum atomic E-state index is 12.5. The van der Waals surface area contributed by atoms with Gasteiger partial charge >= 0.3 is 0 Å². The van der Waals surface area contributed by atoms with Crippen molar-refractivity contribution >= 4 is 11.8 Å². The van der Waals surface area contributed by atoms with Crippen LogP contribution in [0.2, 0.25) is 0 Å². The molecule has 0 aliphatic carbocycles. The fourth-order valence-electron chi connectivity index (χ4n) is 3.91. The first-order chi connectivity index (χ1) is 16.1. The summed E-state index contributed by atoms with van der Waals surface area (Å²) in [5.74, 6) is 1.92. The molecular formula is C26H35N3O4. The molecule has 7 heteroatoms. The molecule has 1 heterocycles. The van der Waals surface area contributed by atoms with Crippen LogP contribution >= 0.6 is 0 Å². The van der Waals surface area contributed by atoms with E-state index in [2.05, 4.69) is 10.2 Å². The van der Waals surface area contributed by atoms with E-state index in [1.54, 1.807) is 14.2 Å². The molecule has 7 nitrogen and oxygen atoms in total. The van der Waals surface area contributed by atoms with E-state index < -0.39 is 0 Å². The van der Waals surface area contributed by atoms with Gasteiger partial charge in [0.15, 0.2) is 0 Å². The average molecular weight is 454 g/mol. The van der Waals surface area contributed by atoms with Crippen LogP contribution in [0.5, 0.6) is 11.5 Å². The molecule has 178 valence electrons. The number of nitrogens with zero attached hydrogens (tertiary/aromatic N) is 2. The molecule has 0 saturated carbocycles. The highest BCUT2D eigenvalue weighted by molar-refractivity contribution is 5.77. The second kappa shape index (κ2) is 12.8. The lowest BCUT2D eigenvalue weighted by molar-refractivity contribution is -0.132. The first-order valence-electron chi connectivity index (χ1n) is 11.6. The molecule has 3 rings (SSSR count). The second-order valence-electron chi connectivity index (χ2n) is 8.27. The summed E-state index contributed by atoms with van der Waals surface area (Å²) in [5.41, 5.74) is 2.27. The van der Waals surface area contributed by atoms with Crippen molar-refractivity contribution in [3.63, 3.8) is 0 Å². The van der Waals surface area contributed by atoms with Gasteiger partial charge in [-0.05, 0) is 48.2 Å². The summed E-state index contributed by atoms with van der Waals surface area (Å²) in [6, 6.07) is 15.7. The van der Waals surface area contributed by atoms with Crippen LogP contribution in [-0.4, -0.2) is 75.1 Å². The molecule has 1 aliphatic heterocycles. The molecule has 2 aromatic carbocycles. The van der Waals surface area contributed by atoms with Crippen LogP contribution in [0.1, 0.15) is 24.0 Å². The van der Waals surface area contributed by atoms with Gasteiger partial charge in [0.25, 0.3) is 0 Å². The number of amides is 2. The minimum absolute atomic E-state index is 0.0677. The van der Waals surface area contributed by atoms with E-state index in [4.69, 9.17) is 9.47 Å². The molecule has 1 fully saturated rings. The zero-order valence-corrected chi connectivity index (χ0v) is 19.7. The van der Waals surface area contributed by atoms with Crippen molar-refractivity contribution in [3.8, 4) is 11.5 Å². The van der Waals surface area contributed by atoms with Gasteiger partial charge in [0, 0.05) is 52.1 Å². The van der Waals surface area contributed by atoms with Crippen molar-refractivity contribution in [2.24, 2.45) is 0 Å². The Morgan fingerprint density at radius 1 is 0.788 bits per heavy atom. The van der Waals surface area contributed by atoms with Gasteiger partial charge in [-0.1, -0.05) is 24.3 Å². The van der Waals surface area contributed by atoms with E-state index in [-0.39, 0.29) is 11.8 Å². The average Bonchev–Trinajstić information content (AvgIpc) is 2.87. The topological polar surface area (TPSA) is 71.1 Å². The summed E-state index contributed by atoms with van der Waals surface area (Å²) in [7, 11) is 3.29. The third-order valence-electron chi connectivity index (χ3n) is 6.06. The molecule has 33 heavy (non-hydrogen) atoms. The molecule has 0 atom stereocenters. The third kappa shape index (κ3) is 8.09. The molecule has 1 N–H and O–H groups in total. The molecule has 0 spiro atoms. The number of benzene rings is 2. The number of rotatable bonds is 11. The highest BCUT2D eigenvalue weighted by atomic mass is 16.5. The minimum Gasteiger partial charge on any atom is -0.497 e. The van der Waals surface area contributed by atoms with Crippen molar-refractivity contribution in [1.29, 1.82) is 0 Å². The molecular weight excluding hydrogens is 418 g/mol. The van der Waals surface area contributed by atoms with E-state index in [1.165, 1.54) is 0 Å². The number of aryl methyl sites for hydroxylation is 2. The van der Waals surface area contributed by atoms with Crippen LogP contribution in [0.15, 0.2) is 48.5 Å². The van der Waals surface area contributed by atoms with Crippen LogP contribution < -0.4 is 14.8 Å². The van der Waals surface area contributed by atoms with Crippen LogP contribution in [-0.2, 0) is 22.4 Å². The Morgan fingerprint density at radius 3 is 1.82 bits per heavy atom. The van der Waals surface area contributed by atoms with Crippen molar-refractivity contribution in [2.45, 2.75) is 25.7 Å². The van der Waals surface area contributed by atoms with Crippen LogP contribution in [0, 0.1) is 0 Å². The molecule has 2 aromatic rings. The van der Waals surface area contributed by atoms with Crippen molar-refractivity contribution in [2.75, 3.05) is 53.5 Å². The Balaban J connectivity index is 1.27. The number of carbonyl (C=O) groups is 2. The zero-order valence-electron chi connectivity index (χ0n) is 19.7. The first-order valence-corrected chi connectivity index (χ1v) is 11.6. The lowest BCUT2D eigenvalue weighted by Crippen LogP contribution is -2.50. The van der Waals surface area contributed by atoms with Gasteiger partial charge in [-0.15, -0.1) is 0 Å². The van der Waals surface area contributed by atoms with E-state index in [9.17, 15) is 9.59 Å². The highest BCUT2D eigenvalue weighted by Gasteiger charge is 2.20. The van der Waals surface area contributed by atoms with Crippen molar-refractivity contribution < 1.29 is 19.1 Å². The van der Waals surface area contributed by atoms with Gasteiger partial charge < -0.3 is 19.7 Å². The van der Waals surface area contributed by atoms with Gasteiger partial charge in [-0.3, -0.25) is 14.5 Å². The summed E-state index contributed by atoms with van der Waals surface area (Å²) < 4.78 is 10.3. The minimum atomic E-state index is 0.0677. The molecule has 0 bridgehead atoms. The Labute approximate surface area is 196 Å². The van der Waals surface area contributed by atoms with E-state index in [1.807, 2.05) is 53.4 Å². The Morgan fingerprint density at radius 2 is 1.30 bits per heavy atom. The predicted octanol–water partition coefficient (Wildman–Crippen LogP) is 2.53. The Kier molecular flexibility index (Phi) is 9.57. The summed E-state index contributed by atoms with van der Waals surface area (Å²) >= 11 is 0. The molecule has 0 aromatic heterocycles. The maximum absolute atomic E-state index is 12.5. The quantitative estimate of drug-likeness (QED) is 0.566. The number of piperazine rings is 1. The second-order valence-corrected chi connectivity index (χ2v) is 8.27. The van der Waals surface area contributed by atoms with Gasteiger partial charge in [0.2, 0.25) is 11.8 Å². The fourth-order valence-corrected chi connectivity index (χ4v) is 3.91. The monoisotopic (exact) mass is 453 g/mol. The van der Waals surface area contributed by atoms with E-state index in [0.717, 1.165) is 61.8 Å².